The van der Waals surface area contributed by atoms with Crippen molar-refractivity contribution in [1.29, 1.82) is 5.41 Å². The van der Waals surface area contributed by atoms with Crippen LogP contribution in [0.5, 0.6) is 0 Å². The molecule has 1 heterocycles. The standard InChI is InChI=1S/C37H35N3S/c1-24-22-27(23-25(2)33(24)36(39)41-35(38)26-14-7-5-8-15-26)29-18-13-20-31-34(29)40(28-16-9-6-10-17-28)32-21-12-11-19-30(32)37(31,3)4/h5-23,36,38H,39H2,1-4H3. The summed E-state index contributed by atoms with van der Waals surface area (Å²) in [5.41, 5.74) is 19.4. The Labute approximate surface area is 247 Å². The Hall–Kier alpha value is -4.12. The smallest absolute Gasteiger partial charge is 0.0961 e. The van der Waals surface area contributed by atoms with Gasteiger partial charge in [0.2, 0.25) is 0 Å². The first-order valence-corrected chi connectivity index (χ1v) is 14.9. The van der Waals surface area contributed by atoms with Crippen LogP contribution in [0.15, 0.2) is 115 Å². The predicted molar refractivity (Wildman–Crippen MR) is 176 cm³/mol. The fraction of sp³-hybridized carbons (Fsp3) is 0.162. The SMILES string of the molecule is Cc1cc(-c2cccc3c2N(c2ccccc2)c2ccccc2C3(C)C)cc(C)c1C(N)SC(=N)c1ccccc1. The van der Waals surface area contributed by atoms with Crippen molar-refractivity contribution in [3.05, 3.63) is 149 Å². The molecule has 0 saturated carbocycles. The summed E-state index contributed by atoms with van der Waals surface area (Å²) in [7, 11) is 0. The lowest BCUT2D eigenvalue weighted by molar-refractivity contribution is 0.632. The van der Waals surface area contributed by atoms with Gasteiger partial charge in [0.25, 0.3) is 0 Å². The van der Waals surface area contributed by atoms with Gasteiger partial charge in [0.1, 0.15) is 0 Å². The number of rotatable bonds is 5. The molecule has 0 spiro atoms. The summed E-state index contributed by atoms with van der Waals surface area (Å²) in [6, 6.07) is 40.5. The summed E-state index contributed by atoms with van der Waals surface area (Å²) in [6.07, 6.45) is 0. The Morgan fingerprint density at radius 3 is 2.02 bits per heavy atom. The van der Waals surface area contributed by atoms with Gasteiger partial charge in [-0.1, -0.05) is 123 Å². The molecule has 0 aliphatic carbocycles. The zero-order chi connectivity index (χ0) is 28.7. The van der Waals surface area contributed by atoms with E-state index >= 15 is 0 Å². The summed E-state index contributed by atoms with van der Waals surface area (Å²) in [6.45, 7) is 8.94. The van der Waals surface area contributed by atoms with E-state index in [0.29, 0.717) is 5.04 Å². The monoisotopic (exact) mass is 553 g/mol. The number of nitrogens with two attached hydrogens (primary N) is 1. The van der Waals surface area contributed by atoms with Crippen molar-refractivity contribution in [2.75, 3.05) is 4.90 Å². The first-order valence-electron chi connectivity index (χ1n) is 14.0. The average Bonchev–Trinajstić information content (AvgIpc) is 2.98. The minimum absolute atomic E-state index is 0.159. The summed E-state index contributed by atoms with van der Waals surface area (Å²) < 4.78 is 0. The van der Waals surface area contributed by atoms with Gasteiger partial charge in [-0.15, -0.1) is 0 Å². The van der Waals surface area contributed by atoms with Crippen molar-refractivity contribution in [2.45, 2.75) is 38.5 Å². The molecular weight excluding hydrogens is 518 g/mol. The topological polar surface area (TPSA) is 53.1 Å². The van der Waals surface area contributed by atoms with Crippen molar-refractivity contribution in [1.82, 2.24) is 0 Å². The van der Waals surface area contributed by atoms with E-state index in [1.165, 1.54) is 45.4 Å². The van der Waals surface area contributed by atoms with E-state index in [4.69, 9.17) is 11.1 Å². The Morgan fingerprint density at radius 2 is 1.34 bits per heavy atom. The molecule has 0 fully saturated rings. The van der Waals surface area contributed by atoms with Crippen molar-refractivity contribution >= 4 is 33.9 Å². The maximum absolute atomic E-state index is 8.61. The number of hydrogen-bond acceptors (Lipinski definition) is 4. The van der Waals surface area contributed by atoms with Gasteiger partial charge in [-0.25, -0.2) is 0 Å². The Kier molecular flexibility index (Phi) is 7.06. The van der Waals surface area contributed by atoms with Crippen molar-refractivity contribution < 1.29 is 0 Å². The van der Waals surface area contributed by atoms with E-state index in [2.05, 4.69) is 118 Å². The summed E-state index contributed by atoms with van der Waals surface area (Å²) in [5, 5.41) is 8.77. The van der Waals surface area contributed by atoms with Crippen LogP contribution in [0.4, 0.5) is 17.1 Å². The summed E-state index contributed by atoms with van der Waals surface area (Å²) in [5.74, 6) is 0. The van der Waals surface area contributed by atoms with E-state index in [0.717, 1.165) is 27.9 Å². The predicted octanol–water partition coefficient (Wildman–Crippen LogP) is 9.80. The minimum Gasteiger partial charge on any atom is -0.315 e. The lowest BCUT2D eigenvalue weighted by atomic mass is 9.72. The highest BCUT2D eigenvalue weighted by Gasteiger charge is 2.38. The number of nitrogens with zero attached hydrogens (tertiary/aromatic N) is 1. The number of aryl methyl sites for hydroxylation is 2. The molecule has 41 heavy (non-hydrogen) atoms. The number of benzene rings is 5. The molecule has 204 valence electrons. The molecule has 1 aliphatic heterocycles. The van der Waals surface area contributed by atoms with Crippen LogP contribution in [0, 0.1) is 19.3 Å². The molecule has 3 nitrogen and oxygen atoms in total. The van der Waals surface area contributed by atoms with Crippen LogP contribution >= 0.6 is 11.8 Å². The van der Waals surface area contributed by atoms with Gasteiger partial charge >= 0.3 is 0 Å². The van der Waals surface area contributed by atoms with Gasteiger partial charge < -0.3 is 10.6 Å². The molecule has 6 rings (SSSR count). The molecule has 0 bridgehead atoms. The van der Waals surface area contributed by atoms with Crippen molar-refractivity contribution in [2.24, 2.45) is 5.73 Å². The van der Waals surface area contributed by atoms with Crippen LogP contribution in [0.1, 0.15) is 52.6 Å². The third-order valence-electron chi connectivity index (χ3n) is 8.24. The molecule has 1 atom stereocenters. The highest BCUT2D eigenvalue weighted by molar-refractivity contribution is 8.14. The van der Waals surface area contributed by atoms with Gasteiger partial charge in [-0.3, -0.25) is 5.41 Å². The van der Waals surface area contributed by atoms with E-state index < -0.39 is 0 Å². The molecule has 1 unspecified atom stereocenters. The van der Waals surface area contributed by atoms with Gasteiger partial charge in [-0.05, 0) is 65.4 Å². The fourth-order valence-corrected chi connectivity index (χ4v) is 7.27. The molecule has 3 N–H and O–H groups in total. The molecule has 5 aromatic carbocycles. The first-order chi connectivity index (χ1) is 19.8. The maximum Gasteiger partial charge on any atom is 0.0961 e. The average molecular weight is 554 g/mol. The third-order valence-corrected chi connectivity index (χ3v) is 9.20. The normalized spacial score (nSPS) is 14.2. The van der Waals surface area contributed by atoms with Crippen LogP contribution in [-0.4, -0.2) is 5.04 Å². The van der Waals surface area contributed by atoms with E-state index in [-0.39, 0.29) is 10.8 Å². The first kappa shape index (κ1) is 27.1. The number of anilines is 3. The van der Waals surface area contributed by atoms with Crippen LogP contribution in [-0.2, 0) is 5.41 Å². The van der Waals surface area contributed by atoms with Crippen molar-refractivity contribution in [3.8, 4) is 11.1 Å². The Morgan fingerprint density at radius 1 is 0.756 bits per heavy atom. The van der Waals surface area contributed by atoms with Gasteiger partial charge in [0.05, 0.1) is 21.8 Å². The highest BCUT2D eigenvalue weighted by Crippen LogP contribution is 2.54. The zero-order valence-corrected chi connectivity index (χ0v) is 24.8. The molecular formula is C37H35N3S. The van der Waals surface area contributed by atoms with Gasteiger partial charge in [0, 0.05) is 22.2 Å². The molecule has 0 radical (unpaired) electrons. The number of fused-ring (bicyclic) bond motifs is 2. The zero-order valence-electron chi connectivity index (χ0n) is 24.0. The van der Waals surface area contributed by atoms with Crippen LogP contribution in [0.25, 0.3) is 11.1 Å². The third kappa shape index (κ3) is 4.77. The molecule has 0 amide bonds. The Bertz CT molecular complexity index is 1720. The van der Waals surface area contributed by atoms with Gasteiger partial charge in [0.15, 0.2) is 0 Å². The second-order valence-electron chi connectivity index (χ2n) is 11.3. The number of hydrogen-bond donors (Lipinski definition) is 2. The molecule has 4 heteroatoms. The van der Waals surface area contributed by atoms with E-state index in [9.17, 15) is 0 Å². The number of thioether (sulfide) groups is 1. The summed E-state index contributed by atoms with van der Waals surface area (Å²) in [4.78, 5) is 2.42. The fourth-order valence-electron chi connectivity index (χ4n) is 6.25. The second-order valence-corrected chi connectivity index (χ2v) is 12.4. The second kappa shape index (κ2) is 10.7. The maximum atomic E-state index is 8.61. The molecule has 0 saturated heterocycles. The van der Waals surface area contributed by atoms with Gasteiger partial charge in [-0.2, -0.15) is 0 Å². The molecule has 0 aromatic heterocycles. The lowest BCUT2D eigenvalue weighted by Gasteiger charge is -2.43. The van der Waals surface area contributed by atoms with Crippen LogP contribution in [0.3, 0.4) is 0 Å². The van der Waals surface area contributed by atoms with Crippen LogP contribution in [0.2, 0.25) is 0 Å². The summed E-state index contributed by atoms with van der Waals surface area (Å²) >= 11 is 1.40. The van der Waals surface area contributed by atoms with E-state index in [1.54, 1.807) is 0 Å². The highest BCUT2D eigenvalue weighted by atomic mass is 32.2. The lowest BCUT2D eigenvalue weighted by Crippen LogP contribution is -2.31. The van der Waals surface area contributed by atoms with E-state index in [1.807, 2.05) is 30.3 Å². The van der Waals surface area contributed by atoms with Crippen molar-refractivity contribution in [3.63, 3.8) is 0 Å². The largest absolute Gasteiger partial charge is 0.315 e. The number of nitrogens with one attached hydrogen (secondary N) is 1. The quantitative estimate of drug-likeness (QED) is 0.129. The minimum atomic E-state index is -0.326. The molecule has 1 aliphatic rings. The van der Waals surface area contributed by atoms with Crippen LogP contribution < -0.4 is 10.6 Å². The Balaban J connectivity index is 1.47. The molecule has 5 aromatic rings. The number of para-hydroxylation sites is 3.